The first kappa shape index (κ1) is 24.9. The van der Waals surface area contributed by atoms with Crippen molar-refractivity contribution in [1.82, 2.24) is 9.88 Å². The maximum Gasteiger partial charge on any atom is 0.391 e. The number of rotatable bonds is 7. The molecule has 1 aliphatic carbocycles. The van der Waals surface area contributed by atoms with Crippen molar-refractivity contribution in [3.63, 3.8) is 0 Å². The number of nitrogens with two attached hydrogens (primary N) is 1. The number of nitrogens with zero attached hydrogens (tertiary/aromatic N) is 4. The Hall–Kier alpha value is -3.19. The van der Waals surface area contributed by atoms with E-state index in [1.54, 1.807) is 12.1 Å². The number of hydrogen-bond donors (Lipinski definition) is 1. The molecule has 0 amide bonds. The van der Waals surface area contributed by atoms with Gasteiger partial charge >= 0.3 is 6.18 Å². The summed E-state index contributed by atoms with van der Waals surface area (Å²) < 4.78 is 57.6. The van der Waals surface area contributed by atoms with E-state index in [0.717, 1.165) is 31.6 Å². The molecule has 1 saturated carbocycles. The monoisotopic (exact) mass is 489 g/mol. The molecule has 0 bridgehead atoms. The van der Waals surface area contributed by atoms with Crippen molar-refractivity contribution in [3.05, 3.63) is 59.0 Å². The first-order chi connectivity index (χ1) is 16.7. The molecule has 10 heteroatoms. The second-order valence-corrected chi connectivity index (χ2v) is 9.14. The van der Waals surface area contributed by atoms with Crippen molar-refractivity contribution in [3.8, 4) is 11.9 Å². The number of benzene rings is 1. The van der Waals surface area contributed by atoms with Gasteiger partial charge < -0.3 is 10.5 Å². The zero-order valence-corrected chi connectivity index (χ0v) is 19.1. The molecule has 0 radical (unpaired) electrons. The third kappa shape index (κ3) is 6.48. The first-order valence-electron chi connectivity index (χ1n) is 11.6. The lowest BCUT2D eigenvalue weighted by Crippen LogP contribution is -2.42. The number of alkyl halides is 3. The molecule has 1 aromatic carbocycles. The zero-order chi connectivity index (χ0) is 25.0. The number of amidine groups is 1. The van der Waals surface area contributed by atoms with Gasteiger partial charge in [-0.25, -0.2) is 9.37 Å². The van der Waals surface area contributed by atoms with Crippen LogP contribution in [0.4, 0.5) is 17.6 Å². The standard InChI is InChI=1S/C25H27F4N5O/c26-21-10-16(13-30)4-5-18(21)15-35-24-3-1-2-22(33-24)17-6-8-34(9-7-17)14-23(31)32-20-11-19(12-20)25(27,28)29/h1-5,10,17,19-20H,6-9,11-12,14-15H2,(H2,31,32). The second kappa shape index (κ2) is 10.6. The molecule has 2 aliphatic rings. The molecular formula is C25H27F4N5O. The molecule has 0 atom stereocenters. The van der Waals surface area contributed by atoms with E-state index in [9.17, 15) is 17.6 Å². The lowest BCUT2D eigenvalue weighted by atomic mass is 9.80. The van der Waals surface area contributed by atoms with E-state index in [-0.39, 0.29) is 37.0 Å². The minimum absolute atomic E-state index is 0.00969. The van der Waals surface area contributed by atoms with Gasteiger partial charge in [-0.3, -0.25) is 9.89 Å². The molecule has 6 nitrogen and oxygen atoms in total. The number of ether oxygens (including phenoxy) is 1. The van der Waals surface area contributed by atoms with Crippen LogP contribution in [-0.2, 0) is 6.61 Å². The summed E-state index contributed by atoms with van der Waals surface area (Å²) in [6.07, 6.45) is -2.39. The third-order valence-corrected chi connectivity index (χ3v) is 6.62. The highest BCUT2D eigenvalue weighted by Crippen LogP contribution is 2.42. The van der Waals surface area contributed by atoms with Gasteiger partial charge in [0.1, 0.15) is 18.3 Å². The topological polar surface area (TPSA) is 87.5 Å². The Balaban J connectivity index is 1.25. The van der Waals surface area contributed by atoms with Crippen molar-refractivity contribution in [2.45, 2.75) is 50.4 Å². The van der Waals surface area contributed by atoms with E-state index in [1.807, 2.05) is 18.2 Å². The summed E-state index contributed by atoms with van der Waals surface area (Å²) in [4.78, 5) is 11.0. The number of pyridine rings is 1. The Bertz CT molecular complexity index is 1100. The Morgan fingerprint density at radius 1 is 1.20 bits per heavy atom. The highest BCUT2D eigenvalue weighted by molar-refractivity contribution is 5.82. The van der Waals surface area contributed by atoms with Crippen LogP contribution in [-0.4, -0.2) is 47.6 Å². The molecular weight excluding hydrogens is 462 g/mol. The summed E-state index contributed by atoms with van der Waals surface area (Å²) in [5.41, 5.74) is 7.50. The molecule has 4 rings (SSSR count). The van der Waals surface area contributed by atoms with Crippen molar-refractivity contribution in [1.29, 1.82) is 5.26 Å². The summed E-state index contributed by atoms with van der Waals surface area (Å²) in [5.74, 6) is -0.720. The number of hydrogen-bond acceptors (Lipinski definition) is 5. The van der Waals surface area contributed by atoms with Crippen molar-refractivity contribution < 1.29 is 22.3 Å². The molecule has 2 fully saturated rings. The van der Waals surface area contributed by atoms with Crippen molar-refractivity contribution in [2.75, 3.05) is 19.6 Å². The van der Waals surface area contributed by atoms with Gasteiger partial charge in [-0.05, 0) is 57.0 Å². The van der Waals surface area contributed by atoms with E-state index in [0.29, 0.717) is 23.8 Å². The molecule has 1 aromatic heterocycles. The van der Waals surface area contributed by atoms with E-state index >= 15 is 0 Å². The maximum atomic E-state index is 14.1. The van der Waals surface area contributed by atoms with Crippen LogP contribution >= 0.6 is 0 Å². The molecule has 35 heavy (non-hydrogen) atoms. The van der Waals surface area contributed by atoms with Crippen LogP contribution < -0.4 is 10.5 Å². The van der Waals surface area contributed by atoms with Crippen LogP contribution in [0.15, 0.2) is 41.4 Å². The van der Waals surface area contributed by atoms with Crippen LogP contribution in [0, 0.1) is 23.1 Å². The van der Waals surface area contributed by atoms with Gasteiger partial charge in [-0.15, -0.1) is 0 Å². The highest BCUT2D eigenvalue weighted by atomic mass is 19.4. The van der Waals surface area contributed by atoms with Crippen molar-refractivity contribution >= 4 is 5.84 Å². The molecule has 2 heterocycles. The van der Waals surface area contributed by atoms with E-state index in [4.69, 9.17) is 15.7 Å². The molecule has 186 valence electrons. The average molecular weight is 490 g/mol. The lowest BCUT2D eigenvalue weighted by Gasteiger charge is -2.35. The smallest absolute Gasteiger partial charge is 0.391 e. The molecule has 0 unspecified atom stereocenters. The summed E-state index contributed by atoms with van der Waals surface area (Å²) in [5, 5.41) is 8.85. The Morgan fingerprint density at radius 3 is 2.60 bits per heavy atom. The molecule has 2 N–H and O–H groups in total. The summed E-state index contributed by atoms with van der Waals surface area (Å²) in [6, 6.07) is 11.3. The van der Waals surface area contributed by atoms with E-state index in [2.05, 4.69) is 14.9 Å². The number of halogens is 4. The van der Waals surface area contributed by atoms with Gasteiger partial charge in [0, 0.05) is 23.2 Å². The highest BCUT2D eigenvalue weighted by Gasteiger charge is 2.47. The van der Waals surface area contributed by atoms with Crippen LogP contribution in [0.25, 0.3) is 0 Å². The Morgan fingerprint density at radius 2 is 1.94 bits per heavy atom. The number of piperidine rings is 1. The molecule has 0 spiro atoms. The number of aliphatic imine (C=N–C) groups is 1. The largest absolute Gasteiger partial charge is 0.473 e. The second-order valence-electron chi connectivity index (χ2n) is 9.14. The summed E-state index contributed by atoms with van der Waals surface area (Å²) in [7, 11) is 0. The summed E-state index contributed by atoms with van der Waals surface area (Å²) >= 11 is 0. The minimum Gasteiger partial charge on any atom is -0.473 e. The van der Waals surface area contributed by atoms with Gasteiger partial charge in [-0.2, -0.15) is 18.4 Å². The molecule has 1 saturated heterocycles. The SMILES string of the molecule is N#Cc1ccc(COc2cccc(C3CCN(CC(N)=NC4CC(C(F)(F)F)C4)CC3)n2)c(F)c1. The van der Waals surface area contributed by atoms with Crippen LogP contribution in [0.2, 0.25) is 0 Å². The van der Waals surface area contributed by atoms with Crippen LogP contribution in [0.1, 0.15) is 48.4 Å². The number of likely N-dealkylation sites (tertiary alicyclic amines) is 1. The van der Waals surface area contributed by atoms with Crippen LogP contribution in [0.3, 0.4) is 0 Å². The van der Waals surface area contributed by atoms with Gasteiger partial charge in [0.25, 0.3) is 0 Å². The summed E-state index contributed by atoms with van der Waals surface area (Å²) in [6.45, 7) is 2.02. The quantitative estimate of drug-likeness (QED) is 0.350. The van der Waals surface area contributed by atoms with Gasteiger partial charge in [-0.1, -0.05) is 12.1 Å². The normalized spacial score (nSPS) is 21.9. The van der Waals surface area contributed by atoms with Gasteiger partial charge in [0.2, 0.25) is 5.88 Å². The maximum absolute atomic E-state index is 14.1. The zero-order valence-electron chi connectivity index (χ0n) is 19.1. The molecule has 1 aliphatic heterocycles. The fraction of sp³-hybridized carbons (Fsp3) is 0.480. The Labute approximate surface area is 201 Å². The van der Waals surface area contributed by atoms with E-state index < -0.39 is 17.9 Å². The minimum atomic E-state index is -4.14. The fourth-order valence-electron chi connectivity index (χ4n) is 4.48. The predicted molar refractivity (Wildman–Crippen MR) is 122 cm³/mol. The lowest BCUT2D eigenvalue weighted by molar-refractivity contribution is -0.196. The van der Waals surface area contributed by atoms with Gasteiger partial charge in [0.15, 0.2) is 0 Å². The van der Waals surface area contributed by atoms with Crippen LogP contribution in [0.5, 0.6) is 5.88 Å². The number of nitriles is 1. The van der Waals surface area contributed by atoms with Crippen molar-refractivity contribution in [2.24, 2.45) is 16.6 Å². The average Bonchev–Trinajstić information content (AvgIpc) is 2.80. The van der Waals surface area contributed by atoms with Gasteiger partial charge in [0.05, 0.1) is 30.1 Å². The Kier molecular flexibility index (Phi) is 7.55. The predicted octanol–water partition coefficient (Wildman–Crippen LogP) is 4.55. The molecule has 2 aromatic rings. The van der Waals surface area contributed by atoms with E-state index in [1.165, 1.54) is 12.1 Å². The third-order valence-electron chi connectivity index (χ3n) is 6.62. The fourth-order valence-corrected chi connectivity index (χ4v) is 4.48. The first-order valence-corrected chi connectivity index (χ1v) is 11.6. The number of aromatic nitrogens is 1.